The number of fused-ring (bicyclic) bond motifs is 1. The van der Waals surface area contributed by atoms with Gasteiger partial charge in [0, 0.05) is 24.6 Å². The zero-order chi connectivity index (χ0) is 23.6. The van der Waals surface area contributed by atoms with Gasteiger partial charge >= 0.3 is 6.03 Å². The predicted octanol–water partition coefficient (Wildman–Crippen LogP) is 3.43. The number of hydrogen-bond acceptors (Lipinski definition) is 7. The van der Waals surface area contributed by atoms with E-state index in [0.29, 0.717) is 48.6 Å². The fraction of sp³-hybridized carbons (Fsp3) is 0.391. The number of benzene rings is 1. The molecule has 2 heterocycles. The minimum Gasteiger partial charge on any atom is -0.379 e. The molecule has 0 fully saturated rings. The topological polar surface area (TPSA) is 102 Å². The van der Waals surface area contributed by atoms with Gasteiger partial charge in [0.25, 0.3) is 5.56 Å². The Morgan fingerprint density at radius 1 is 1.21 bits per heavy atom. The van der Waals surface area contributed by atoms with Crippen molar-refractivity contribution in [1.82, 2.24) is 20.2 Å². The Morgan fingerprint density at radius 3 is 2.79 bits per heavy atom. The number of ether oxygens (including phenoxy) is 1. The lowest BCUT2D eigenvalue weighted by atomic mass is 10.2. The van der Waals surface area contributed by atoms with E-state index < -0.39 is 11.9 Å². The van der Waals surface area contributed by atoms with Crippen molar-refractivity contribution in [2.45, 2.75) is 44.5 Å². The first-order valence-corrected chi connectivity index (χ1v) is 12.6. The fourth-order valence-electron chi connectivity index (χ4n) is 3.09. The van der Waals surface area contributed by atoms with Crippen LogP contribution in [-0.4, -0.2) is 46.5 Å². The number of carbonyl (C=O) groups excluding carboxylic acids is 2. The van der Waals surface area contributed by atoms with Crippen molar-refractivity contribution in [3.63, 3.8) is 0 Å². The number of rotatable bonds is 11. The molecule has 2 aromatic heterocycles. The Labute approximate surface area is 200 Å². The molecule has 3 aromatic rings. The molecule has 0 atom stereocenters. The van der Waals surface area contributed by atoms with Gasteiger partial charge in [-0.15, -0.1) is 11.3 Å². The van der Waals surface area contributed by atoms with Gasteiger partial charge in [0.05, 0.1) is 22.8 Å². The van der Waals surface area contributed by atoms with Gasteiger partial charge in [0.1, 0.15) is 0 Å². The van der Waals surface area contributed by atoms with E-state index in [1.54, 1.807) is 34.1 Å². The standard InChI is InChI=1S/C23H28N4O4S2/c1-16(2)31-13-6-12-27-21(29)18-8-3-4-9-19(18)25-23(27)33-15-20(28)26-22(30)24-11-10-17-7-5-14-32-17/h3-5,7-9,14,16H,6,10-13,15H2,1-2H3,(H2,24,26,28,30). The van der Waals surface area contributed by atoms with Crippen LogP contribution in [0.5, 0.6) is 0 Å². The van der Waals surface area contributed by atoms with E-state index in [9.17, 15) is 14.4 Å². The first-order valence-electron chi connectivity index (χ1n) is 10.8. The first-order chi connectivity index (χ1) is 15.9. The third kappa shape index (κ3) is 7.69. The van der Waals surface area contributed by atoms with E-state index in [1.807, 2.05) is 37.4 Å². The number of thiophene rings is 1. The number of para-hydroxylation sites is 1. The lowest BCUT2D eigenvalue weighted by molar-refractivity contribution is -0.117. The molecule has 3 amide bonds. The Hall–Kier alpha value is -2.69. The van der Waals surface area contributed by atoms with Crippen LogP contribution in [-0.2, 0) is 22.5 Å². The van der Waals surface area contributed by atoms with Gasteiger partial charge in [0.15, 0.2) is 5.16 Å². The smallest absolute Gasteiger partial charge is 0.321 e. The summed E-state index contributed by atoms with van der Waals surface area (Å²) in [5.74, 6) is -0.489. The van der Waals surface area contributed by atoms with Crippen LogP contribution in [0, 0.1) is 0 Å². The second-order valence-corrected chi connectivity index (χ2v) is 9.54. The second-order valence-electron chi connectivity index (χ2n) is 7.56. The third-order valence-corrected chi connectivity index (χ3v) is 6.54. The molecule has 10 heteroatoms. The second kappa shape index (κ2) is 12.5. The summed E-state index contributed by atoms with van der Waals surface area (Å²) in [5, 5.41) is 7.95. The van der Waals surface area contributed by atoms with Crippen LogP contribution < -0.4 is 16.2 Å². The van der Waals surface area contributed by atoms with E-state index in [1.165, 1.54) is 0 Å². The molecule has 8 nitrogen and oxygen atoms in total. The number of amides is 3. The number of aromatic nitrogens is 2. The molecule has 1 aromatic carbocycles. The quantitative estimate of drug-likeness (QED) is 0.244. The van der Waals surface area contributed by atoms with Crippen LogP contribution in [0.1, 0.15) is 25.1 Å². The molecule has 2 N–H and O–H groups in total. The number of hydrogen-bond donors (Lipinski definition) is 2. The van der Waals surface area contributed by atoms with Crippen LogP contribution in [0.4, 0.5) is 4.79 Å². The van der Waals surface area contributed by atoms with Gasteiger partial charge in [0.2, 0.25) is 5.91 Å². The largest absolute Gasteiger partial charge is 0.379 e. The van der Waals surface area contributed by atoms with E-state index in [0.717, 1.165) is 16.6 Å². The normalized spacial score (nSPS) is 11.1. The molecule has 3 rings (SSSR count). The summed E-state index contributed by atoms with van der Waals surface area (Å²) in [6.45, 7) is 5.31. The Bertz CT molecular complexity index is 1130. The molecule has 0 saturated heterocycles. The van der Waals surface area contributed by atoms with E-state index >= 15 is 0 Å². The molecular formula is C23H28N4O4S2. The Kier molecular flexibility index (Phi) is 9.47. The minimum absolute atomic E-state index is 0.0361. The maximum atomic E-state index is 13.0. The summed E-state index contributed by atoms with van der Waals surface area (Å²) >= 11 is 2.75. The van der Waals surface area contributed by atoms with Crippen LogP contribution >= 0.6 is 23.1 Å². The summed E-state index contributed by atoms with van der Waals surface area (Å²) in [6.07, 6.45) is 1.47. The average Bonchev–Trinajstić information content (AvgIpc) is 3.30. The maximum Gasteiger partial charge on any atom is 0.321 e. The third-order valence-electron chi connectivity index (χ3n) is 4.63. The highest BCUT2D eigenvalue weighted by Crippen LogP contribution is 2.18. The molecule has 176 valence electrons. The average molecular weight is 489 g/mol. The SMILES string of the molecule is CC(C)OCCCn1c(SCC(=O)NC(=O)NCCc2cccs2)nc2ccccc2c1=O. The van der Waals surface area contributed by atoms with Crippen molar-refractivity contribution < 1.29 is 14.3 Å². The number of nitrogens with zero attached hydrogens (tertiary/aromatic N) is 2. The van der Waals surface area contributed by atoms with Crippen LogP contribution in [0.3, 0.4) is 0 Å². The first kappa shape index (κ1) is 24.9. The van der Waals surface area contributed by atoms with E-state index in [2.05, 4.69) is 15.6 Å². The molecule has 0 saturated carbocycles. The highest BCUT2D eigenvalue weighted by molar-refractivity contribution is 7.99. The highest BCUT2D eigenvalue weighted by Gasteiger charge is 2.14. The summed E-state index contributed by atoms with van der Waals surface area (Å²) in [5.41, 5.74) is 0.422. The van der Waals surface area contributed by atoms with Crippen molar-refractivity contribution in [3.05, 3.63) is 57.0 Å². The van der Waals surface area contributed by atoms with Gasteiger partial charge in [-0.1, -0.05) is 30.0 Å². The van der Waals surface area contributed by atoms with Crippen LogP contribution in [0.2, 0.25) is 0 Å². The summed E-state index contributed by atoms with van der Waals surface area (Å²) in [6, 6.07) is 10.6. The number of carbonyl (C=O) groups is 2. The molecule has 0 bridgehead atoms. The summed E-state index contributed by atoms with van der Waals surface area (Å²) in [7, 11) is 0. The van der Waals surface area contributed by atoms with E-state index in [-0.39, 0.29) is 17.4 Å². The van der Waals surface area contributed by atoms with Crippen molar-refractivity contribution in [3.8, 4) is 0 Å². The van der Waals surface area contributed by atoms with Gasteiger partial charge in [-0.3, -0.25) is 19.5 Å². The zero-order valence-electron chi connectivity index (χ0n) is 18.7. The van der Waals surface area contributed by atoms with Crippen molar-refractivity contribution in [2.75, 3.05) is 18.9 Å². The molecule has 0 spiro atoms. The lowest BCUT2D eigenvalue weighted by Crippen LogP contribution is -2.41. The predicted molar refractivity (Wildman–Crippen MR) is 132 cm³/mol. The van der Waals surface area contributed by atoms with Gasteiger partial charge in [-0.25, -0.2) is 9.78 Å². The Balaban J connectivity index is 1.59. The van der Waals surface area contributed by atoms with Gasteiger partial charge in [-0.2, -0.15) is 0 Å². The fourth-order valence-corrected chi connectivity index (χ4v) is 4.62. The van der Waals surface area contributed by atoms with E-state index in [4.69, 9.17) is 4.74 Å². The molecule has 33 heavy (non-hydrogen) atoms. The number of imide groups is 1. The molecule has 0 aliphatic heterocycles. The van der Waals surface area contributed by atoms with Gasteiger partial charge in [-0.05, 0) is 50.3 Å². The highest BCUT2D eigenvalue weighted by atomic mass is 32.2. The Morgan fingerprint density at radius 2 is 2.03 bits per heavy atom. The van der Waals surface area contributed by atoms with Crippen molar-refractivity contribution >= 4 is 45.9 Å². The molecule has 0 aliphatic carbocycles. The zero-order valence-corrected chi connectivity index (χ0v) is 20.3. The number of urea groups is 1. The molecule has 0 unspecified atom stereocenters. The molecular weight excluding hydrogens is 460 g/mol. The van der Waals surface area contributed by atoms with Crippen LogP contribution in [0.25, 0.3) is 10.9 Å². The van der Waals surface area contributed by atoms with Crippen molar-refractivity contribution in [2.24, 2.45) is 0 Å². The summed E-state index contributed by atoms with van der Waals surface area (Å²) in [4.78, 5) is 43.0. The molecule has 0 radical (unpaired) electrons. The van der Waals surface area contributed by atoms with Crippen LogP contribution in [0.15, 0.2) is 51.7 Å². The monoisotopic (exact) mass is 488 g/mol. The summed E-state index contributed by atoms with van der Waals surface area (Å²) < 4.78 is 7.15. The number of thioether (sulfide) groups is 1. The maximum absolute atomic E-state index is 13.0. The van der Waals surface area contributed by atoms with Crippen molar-refractivity contribution in [1.29, 1.82) is 0 Å². The molecule has 0 aliphatic rings. The number of nitrogens with one attached hydrogen (secondary N) is 2. The minimum atomic E-state index is -0.535. The van der Waals surface area contributed by atoms with Gasteiger partial charge < -0.3 is 10.1 Å². The lowest BCUT2D eigenvalue weighted by Gasteiger charge is -2.14.